The Morgan fingerprint density at radius 3 is 2.35 bits per heavy atom. The summed E-state index contributed by atoms with van der Waals surface area (Å²) in [5.74, 6) is 6.30. The number of hydrazine groups is 1. The molecule has 17 heavy (non-hydrogen) atoms. The van der Waals surface area contributed by atoms with Crippen LogP contribution in [0, 0.1) is 5.92 Å². The Kier molecular flexibility index (Phi) is 3.21. The number of anilines is 1. The summed E-state index contributed by atoms with van der Waals surface area (Å²) in [6.07, 6.45) is 0. The molecule has 1 heterocycles. The van der Waals surface area contributed by atoms with E-state index in [0.29, 0.717) is 11.7 Å². The van der Waals surface area contributed by atoms with Crippen molar-refractivity contribution in [1.82, 2.24) is 10.2 Å². The molecule has 0 fully saturated rings. The third kappa shape index (κ3) is 2.07. The van der Waals surface area contributed by atoms with E-state index in [1.54, 1.807) is 0 Å². The first-order valence-corrected chi connectivity index (χ1v) is 5.62. The van der Waals surface area contributed by atoms with E-state index in [1.807, 2.05) is 24.3 Å². The molecule has 0 aliphatic rings. The molecule has 1 aromatic carbocycles. The molecule has 0 saturated heterocycles. The zero-order valence-corrected chi connectivity index (χ0v) is 10.0. The summed E-state index contributed by atoms with van der Waals surface area (Å²) >= 11 is 0. The number of nitrogen functional groups attached to an aromatic ring is 1. The molecule has 5 nitrogen and oxygen atoms in total. The van der Waals surface area contributed by atoms with Gasteiger partial charge in [-0.15, -0.1) is 5.10 Å². The molecule has 5 N–H and O–H groups in total. The standard InChI is InChI=1S/C12H17N5/c1-7(2)10(13)11-8-5-3-4-6-9(8)12(15-14)17-16-11/h3-7,10H,13-14H2,1-2H3,(H,15,17). The van der Waals surface area contributed by atoms with Gasteiger partial charge in [0.25, 0.3) is 0 Å². The van der Waals surface area contributed by atoms with Gasteiger partial charge in [-0.3, -0.25) is 0 Å². The Morgan fingerprint density at radius 2 is 1.76 bits per heavy atom. The van der Waals surface area contributed by atoms with Gasteiger partial charge in [-0.25, -0.2) is 5.84 Å². The van der Waals surface area contributed by atoms with Crippen LogP contribution in [0.5, 0.6) is 0 Å². The Balaban J connectivity index is 2.66. The minimum Gasteiger partial charge on any atom is -0.322 e. The van der Waals surface area contributed by atoms with Crippen LogP contribution >= 0.6 is 0 Å². The molecule has 0 saturated carbocycles. The lowest BCUT2D eigenvalue weighted by Gasteiger charge is -2.17. The van der Waals surface area contributed by atoms with Crippen LogP contribution < -0.4 is 17.0 Å². The predicted octanol–water partition coefficient (Wildman–Crippen LogP) is 1.57. The quantitative estimate of drug-likeness (QED) is 0.551. The second-order valence-electron chi connectivity index (χ2n) is 4.39. The second kappa shape index (κ2) is 4.65. The molecule has 1 atom stereocenters. The fourth-order valence-electron chi connectivity index (χ4n) is 1.79. The van der Waals surface area contributed by atoms with Crippen LogP contribution in [-0.2, 0) is 0 Å². The van der Waals surface area contributed by atoms with E-state index < -0.39 is 0 Å². The molecule has 2 rings (SSSR count). The third-order valence-electron chi connectivity index (χ3n) is 2.89. The number of hydrogen-bond acceptors (Lipinski definition) is 5. The Bertz CT molecular complexity index is 523. The van der Waals surface area contributed by atoms with Crippen LogP contribution in [0.25, 0.3) is 10.8 Å². The molecule has 0 amide bonds. The highest BCUT2D eigenvalue weighted by Crippen LogP contribution is 2.27. The van der Waals surface area contributed by atoms with Crippen LogP contribution in [0.4, 0.5) is 5.82 Å². The fraction of sp³-hybridized carbons (Fsp3) is 0.333. The molecular formula is C12H17N5. The summed E-state index contributed by atoms with van der Waals surface area (Å²) in [6, 6.07) is 7.72. The molecule has 0 aliphatic heterocycles. The molecule has 0 bridgehead atoms. The number of hydrogen-bond donors (Lipinski definition) is 3. The molecule has 0 aliphatic carbocycles. The molecule has 90 valence electrons. The molecule has 2 aromatic rings. The van der Waals surface area contributed by atoms with Gasteiger partial charge in [-0.1, -0.05) is 38.1 Å². The summed E-state index contributed by atoms with van der Waals surface area (Å²) in [6.45, 7) is 4.13. The Labute approximate surface area is 100 Å². The highest BCUT2D eigenvalue weighted by atomic mass is 15.3. The van der Waals surface area contributed by atoms with Gasteiger partial charge in [0.05, 0.1) is 11.7 Å². The monoisotopic (exact) mass is 231 g/mol. The maximum atomic E-state index is 6.14. The van der Waals surface area contributed by atoms with E-state index in [0.717, 1.165) is 16.5 Å². The summed E-state index contributed by atoms with van der Waals surface area (Å²) < 4.78 is 0. The van der Waals surface area contributed by atoms with Crippen molar-refractivity contribution in [2.45, 2.75) is 19.9 Å². The van der Waals surface area contributed by atoms with Crippen molar-refractivity contribution in [3.05, 3.63) is 30.0 Å². The number of benzene rings is 1. The highest BCUT2D eigenvalue weighted by Gasteiger charge is 2.17. The average molecular weight is 231 g/mol. The van der Waals surface area contributed by atoms with E-state index in [4.69, 9.17) is 11.6 Å². The number of fused-ring (bicyclic) bond motifs is 1. The van der Waals surface area contributed by atoms with Gasteiger partial charge < -0.3 is 11.2 Å². The Morgan fingerprint density at radius 1 is 1.12 bits per heavy atom. The van der Waals surface area contributed by atoms with E-state index in [-0.39, 0.29) is 6.04 Å². The van der Waals surface area contributed by atoms with Gasteiger partial charge in [0, 0.05) is 10.8 Å². The number of rotatable bonds is 3. The van der Waals surface area contributed by atoms with Gasteiger partial charge in [0.1, 0.15) is 0 Å². The molecule has 1 aromatic heterocycles. The summed E-state index contributed by atoms with van der Waals surface area (Å²) in [7, 11) is 0. The lowest BCUT2D eigenvalue weighted by molar-refractivity contribution is 0.502. The van der Waals surface area contributed by atoms with Gasteiger partial charge in [-0.2, -0.15) is 5.10 Å². The largest absolute Gasteiger partial charge is 0.322 e. The lowest BCUT2D eigenvalue weighted by Crippen LogP contribution is -2.20. The predicted molar refractivity (Wildman–Crippen MR) is 69.1 cm³/mol. The van der Waals surface area contributed by atoms with Crippen molar-refractivity contribution in [3.63, 3.8) is 0 Å². The second-order valence-corrected chi connectivity index (χ2v) is 4.39. The van der Waals surface area contributed by atoms with Crippen molar-refractivity contribution in [3.8, 4) is 0 Å². The van der Waals surface area contributed by atoms with Crippen molar-refractivity contribution in [1.29, 1.82) is 0 Å². The maximum Gasteiger partial charge on any atom is 0.170 e. The van der Waals surface area contributed by atoms with Crippen LogP contribution in [-0.4, -0.2) is 10.2 Å². The molecule has 0 spiro atoms. The van der Waals surface area contributed by atoms with Crippen LogP contribution in [0.2, 0.25) is 0 Å². The first-order chi connectivity index (χ1) is 8.15. The van der Waals surface area contributed by atoms with Crippen LogP contribution in [0.1, 0.15) is 25.6 Å². The van der Waals surface area contributed by atoms with E-state index in [2.05, 4.69) is 29.5 Å². The van der Waals surface area contributed by atoms with E-state index >= 15 is 0 Å². The highest BCUT2D eigenvalue weighted by molar-refractivity contribution is 5.93. The average Bonchev–Trinajstić information content (AvgIpc) is 2.36. The zero-order chi connectivity index (χ0) is 12.4. The summed E-state index contributed by atoms with van der Waals surface area (Å²) in [5.41, 5.74) is 9.51. The topological polar surface area (TPSA) is 89.8 Å². The molecular weight excluding hydrogens is 214 g/mol. The minimum atomic E-state index is -0.126. The van der Waals surface area contributed by atoms with E-state index in [1.165, 1.54) is 0 Å². The zero-order valence-electron chi connectivity index (χ0n) is 10.0. The minimum absolute atomic E-state index is 0.126. The molecule has 0 radical (unpaired) electrons. The number of nitrogens with one attached hydrogen (secondary N) is 1. The van der Waals surface area contributed by atoms with Crippen molar-refractivity contribution in [2.75, 3.05) is 5.43 Å². The lowest BCUT2D eigenvalue weighted by atomic mass is 9.98. The first kappa shape index (κ1) is 11.8. The van der Waals surface area contributed by atoms with Gasteiger partial charge in [0.2, 0.25) is 0 Å². The summed E-state index contributed by atoms with van der Waals surface area (Å²) in [5, 5.41) is 10.2. The normalized spacial score (nSPS) is 13.0. The van der Waals surface area contributed by atoms with Crippen LogP contribution in [0.15, 0.2) is 24.3 Å². The smallest absolute Gasteiger partial charge is 0.170 e. The molecule has 1 unspecified atom stereocenters. The van der Waals surface area contributed by atoms with Gasteiger partial charge >= 0.3 is 0 Å². The van der Waals surface area contributed by atoms with Gasteiger partial charge in [0.15, 0.2) is 5.82 Å². The molecule has 5 heteroatoms. The SMILES string of the molecule is CC(C)C(N)c1nnc(NN)c2ccccc12. The number of aromatic nitrogens is 2. The van der Waals surface area contributed by atoms with Crippen molar-refractivity contribution in [2.24, 2.45) is 17.5 Å². The Hall–Kier alpha value is -1.72. The third-order valence-corrected chi connectivity index (χ3v) is 2.89. The maximum absolute atomic E-state index is 6.14. The van der Waals surface area contributed by atoms with Crippen molar-refractivity contribution < 1.29 is 0 Å². The number of nitrogens with two attached hydrogens (primary N) is 2. The van der Waals surface area contributed by atoms with Crippen LogP contribution in [0.3, 0.4) is 0 Å². The number of nitrogens with zero attached hydrogens (tertiary/aromatic N) is 2. The van der Waals surface area contributed by atoms with Gasteiger partial charge in [-0.05, 0) is 5.92 Å². The summed E-state index contributed by atoms with van der Waals surface area (Å²) in [4.78, 5) is 0. The van der Waals surface area contributed by atoms with Crippen molar-refractivity contribution >= 4 is 16.6 Å². The fourth-order valence-corrected chi connectivity index (χ4v) is 1.79. The first-order valence-electron chi connectivity index (χ1n) is 5.62. The van der Waals surface area contributed by atoms with E-state index in [9.17, 15) is 0 Å².